The van der Waals surface area contributed by atoms with Crippen LogP contribution in [0.2, 0.25) is 0 Å². The van der Waals surface area contributed by atoms with E-state index in [9.17, 15) is 4.79 Å². The van der Waals surface area contributed by atoms with Gasteiger partial charge >= 0.3 is 0 Å². The third-order valence-corrected chi connectivity index (χ3v) is 4.61. The maximum absolute atomic E-state index is 12.2. The molecule has 0 saturated carbocycles. The predicted octanol–water partition coefficient (Wildman–Crippen LogP) is 1.31. The lowest BCUT2D eigenvalue weighted by Crippen LogP contribution is -2.48. The smallest absolute Gasteiger partial charge is 0.222 e. The summed E-state index contributed by atoms with van der Waals surface area (Å²) in [6.07, 6.45) is 4.69. The van der Waals surface area contributed by atoms with Crippen LogP contribution in [0.3, 0.4) is 0 Å². The SMILES string of the molecule is O=C(CCC1CCNC1)N1CCN(Cc2ccco2)CC1. The molecule has 2 fully saturated rings. The molecule has 0 radical (unpaired) electrons. The predicted molar refractivity (Wildman–Crippen MR) is 80.8 cm³/mol. The topological polar surface area (TPSA) is 48.7 Å². The van der Waals surface area contributed by atoms with Crippen LogP contribution < -0.4 is 5.32 Å². The number of carbonyl (C=O) groups is 1. The number of rotatable bonds is 5. The summed E-state index contributed by atoms with van der Waals surface area (Å²) in [5.41, 5.74) is 0. The molecule has 1 atom stereocenters. The van der Waals surface area contributed by atoms with E-state index in [4.69, 9.17) is 4.42 Å². The molecule has 1 unspecified atom stereocenters. The third kappa shape index (κ3) is 4.08. The average Bonchev–Trinajstić information content (AvgIpc) is 3.19. The van der Waals surface area contributed by atoms with Gasteiger partial charge < -0.3 is 14.6 Å². The second kappa shape index (κ2) is 7.09. The Hall–Kier alpha value is -1.33. The molecule has 1 aromatic heterocycles. The molecule has 5 heteroatoms. The van der Waals surface area contributed by atoms with E-state index in [-0.39, 0.29) is 0 Å². The van der Waals surface area contributed by atoms with Crippen molar-refractivity contribution < 1.29 is 9.21 Å². The number of hydrogen-bond acceptors (Lipinski definition) is 4. The molecule has 3 heterocycles. The van der Waals surface area contributed by atoms with Crippen molar-refractivity contribution in [2.45, 2.75) is 25.8 Å². The second-order valence-electron chi connectivity index (χ2n) is 6.13. The van der Waals surface area contributed by atoms with Gasteiger partial charge in [-0.2, -0.15) is 0 Å². The molecule has 1 aromatic rings. The first-order valence-corrected chi connectivity index (χ1v) is 8.04. The van der Waals surface area contributed by atoms with Crippen LogP contribution in [0.1, 0.15) is 25.0 Å². The number of nitrogens with one attached hydrogen (secondary N) is 1. The summed E-state index contributed by atoms with van der Waals surface area (Å²) in [6.45, 7) is 6.64. The highest BCUT2D eigenvalue weighted by atomic mass is 16.3. The molecule has 21 heavy (non-hydrogen) atoms. The number of piperazine rings is 1. The lowest BCUT2D eigenvalue weighted by Gasteiger charge is -2.34. The highest BCUT2D eigenvalue weighted by Gasteiger charge is 2.23. The number of nitrogens with zero attached hydrogens (tertiary/aromatic N) is 2. The maximum Gasteiger partial charge on any atom is 0.222 e. The summed E-state index contributed by atoms with van der Waals surface area (Å²) in [4.78, 5) is 16.6. The molecule has 0 aromatic carbocycles. The first kappa shape index (κ1) is 14.6. The Balaban J connectivity index is 1.37. The minimum absolute atomic E-state index is 0.333. The van der Waals surface area contributed by atoms with E-state index in [0.717, 1.165) is 58.0 Å². The van der Waals surface area contributed by atoms with E-state index >= 15 is 0 Å². The number of hydrogen-bond donors (Lipinski definition) is 1. The van der Waals surface area contributed by atoms with Crippen LogP contribution in [-0.2, 0) is 11.3 Å². The molecule has 2 aliphatic rings. The van der Waals surface area contributed by atoms with Crippen molar-refractivity contribution in [1.82, 2.24) is 15.1 Å². The Bertz CT molecular complexity index is 432. The van der Waals surface area contributed by atoms with Gasteiger partial charge in [0, 0.05) is 32.6 Å². The van der Waals surface area contributed by atoms with Crippen molar-refractivity contribution in [3.8, 4) is 0 Å². The van der Waals surface area contributed by atoms with Crippen molar-refractivity contribution in [2.24, 2.45) is 5.92 Å². The summed E-state index contributed by atoms with van der Waals surface area (Å²) in [5, 5.41) is 3.36. The van der Waals surface area contributed by atoms with Gasteiger partial charge in [-0.25, -0.2) is 0 Å². The Labute approximate surface area is 126 Å². The van der Waals surface area contributed by atoms with Crippen molar-refractivity contribution >= 4 is 5.91 Å². The largest absolute Gasteiger partial charge is 0.468 e. The fourth-order valence-electron chi connectivity index (χ4n) is 3.22. The van der Waals surface area contributed by atoms with E-state index in [2.05, 4.69) is 10.2 Å². The lowest BCUT2D eigenvalue weighted by atomic mass is 10.0. The zero-order chi connectivity index (χ0) is 14.5. The van der Waals surface area contributed by atoms with Crippen molar-refractivity contribution in [3.63, 3.8) is 0 Å². The van der Waals surface area contributed by atoms with Gasteiger partial charge in [-0.1, -0.05) is 0 Å². The Morgan fingerprint density at radius 2 is 2.19 bits per heavy atom. The minimum Gasteiger partial charge on any atom is -0.468 e. The van der Waals surface area contributed by atoms with Gasteiger partial charge in [0.1, 0.15) is 5.76 Å². The van der Waals surface area contributed by atoms with Crippen LogP contribution in [0.15, 0.2) is 22.8 Å². The van der Waals surface area contributed by atoms with Crippen LogP contribution >= 0.6 is 0 Å². The second-order valence-corrected chi connectivity index (χ2v) is 6.13. The maximum atomic E-state index is 12.2. The fourth-order valence-corrected chi connectivity index (χ4v) is 3.22. The zero-order valence-electron chi connectivity index (χ0n) is 12.6. The van der Waals surface area contributed by atoms with E-state index in [1.54, 1.807) is 6.26 Å². The first-order chi connectivity index (χ1) is 10.3. The third-order valence-electron chi connectivity index (χ3n) is 4.61. The molecule has 0 spiro atoms. The fraction of sp³-hybridized carbons (Fsp3) is 0.688. The molecule has 0 aliphatic carbocycles. The Morgan fingerprint density at radius 3 is 2.86 bits per heavy atom. The molecule has 1 N–H and O–H groups in total. The molecule has 5 nitrogen and oxygen atoms in total. The molecule has 0 bridgehead atoms. The van der Waals surface area contributed by atoms with Gasteiger partial charge in [-0.05, 0) is 44.0 Å². The van der Waals surface area contributed by atoms with Gasteiger partial charge in [-0.15, -0.1) is 0 Å². The van der Waals surface area contributed by atoms with Crippen LogP contribution in [0.25, 0.3) is 0 Å². The Kier molecular flexibility index (Phi) is 4.93. The van der Waals surface area contributed by atoms with Gasteiger partial charge in [0.05, 0.1) is 12.8 Å². The van der Waals surface area contributed by atoms with Crippen LogP contribution in [0.4, 0.5) is 0 Å². The summed E-state index contributed by atoms with van der Waals surface area (Å²) >= 11 is 0. The molecular weight excluding hydrogens is 266 g/mol. The Morgan fingerprint density at radius 1 is 1.33 bits per heavy atom. The van der Waals surface area contributed by atoms with E-state index < -0.39 is 0 Å². The first-order valence-electron chi connectivity index (χ1n) is 8.04. The quantitative estimate of drug-likeness (QED) is 0.889. The zero-order valence-corrected chi connectivity index (χ0v) is 12.6. The standard InChI is InChI=1S/C16H25N3O2/c20-16(4-3-14-5-6-17-12-14)19-9-7-18(8-10-19)13-15-2-1-11-21-15/h1-2,11,14,17H,3-10,12-13H2. The lowest BCUT2D eigenvalue weighted by molar-refractivity contribution is -0.133. The van der Waals surface area contributed by atoms with Crippen LogP contribution in [-0.4, -0.2) is 55.0 Å². The average molecular weight is 291 g/mol. The number of furan rings is 1. The van der Waals surface area contributed by atoms with Crippen molar-refractivity contribution in [2.75, 3.05) is 39.3 Å². The molecule has 1 amide bonds. The highest BCUT2D eigenvalue weighted by Crippen LogP contribution is 2.16. The summed E-state index contributed by atoms with van der Waals surface area (Å²) < 4.78 is 5.38. The normalized spacial score (nSPS) is 23.6. The molecular formula is C16H25N3O2. The summed E-state index contributed by atoms with van der Waals surface area (Å²) in [6, 6.07) is 3.93. The molecule has 3 rings (SSSR count). The van der Waals surface area contributed by atoms with Gasteiger partial charge in [0.25, 0.3) is 0 Å². The van der Waals surface area contributed by atoms with Crippen molar-refractivity contribution in [3.05, 3.63) is 24.2 Å². The molecule has 2 aliphatic heterocycles. The van der Waals surface area contributed by atoms with E-state index in [1.807, 2.05) is 17.0 Å². The van der Waals surface area contributed by atoms with Crippen LogP contribution in [0.5, 0.6) is 0 Å². The van der Waals surface area contributed by atoms with E-state index in [0.29, 0.717) is 18.2 Å². The van der Waals surface area contributed by atoms with Gasteiger partial charge in [-0.3, -0.25) is 9.69 Å². The summed E-state index contributed by atoms with van der Waals surface area (Å²) in [7, 11) is 0. The monoisotopic (exact) mass is 291 g/mol. The molecule has 116 valence electrons. The van der Waals surface area contributed by atoms with Gasteiger partial charge in [0.15, 0.2) is 0 Å². The molecule has 2 saturated heterocycles. The minimum atomic E-state index is 0.333. The summed E-state index contributed by atoms with van der Waals surface area (Å²) in [5.74, 6) is 2.04. The van der Waals surface area contributed by atoms with Gasteiger partial charge in [0.2, 0.25) is 5.91 Å². The van der Waals surface area contributed by atoms with E-state index in [1.165, 1.54) is 6.42 Å². The number of amides is 1. The van der Waals surface area contributed by atoms with Crippen molar-refractivity contribution in [1.29, 1.82) is 0 Å². The highest BCUT2D eigenvalue weighted by molar-refractivity contribution is 5.76. The number of carbonyl (C=O) groups excluding carboxylic acids is 1. The van der Waals surface area contributed by atoms with Crippen LogP contribution in [0, 0.1) is 5.92 Å².